The average molecular weight is 374 g/mol. The second-order valence-electron chi connectivity index (χ2n) is 7.31. The lowest BCUT2D eigenvalue weighted by Crippen LogP contribution is -2.43. The van der Waals surface area contributed by atoms with Gasteiger partial charge in [-0.15, -0.1) is 0 Å². The average Bonchev–Trinajstić information content (AvgIpc) is 3.31. The number of carbonyl (C=O) groups is 1. The van der Waals surface area contributed by atoms with E-state index in [1.165, 1.54) is 12.8 Å². The van der Waals surface area contributed by atoms with Crippen molar-refractivity contribution in [2.24, 2.45) is 5.92 Å². The zero-order valence-electron chi connectivity index (χ0n) is 15.4. The first-order valence-electron chi connectivity index (χ1n) is 9.81. The number of carbonyl (C=O) groups excluding carboxylic acids is 1. The van der Waals surface area contributed by atoms with Gasteiger partial charge in [0.15, 0.2) is 5.13 Å². The van der Waals surface area contributed by atoms with Gasteiger partial charge in [-0.05, 0) is 50.8 Å². The first-order chi connectivity index (χ1) is 12.7. The smallest absolute Gasteiger partial charge is 0.223 e. The van der Waals surface area contributed by atoms with Gasteiger partial charge in [0.1, 0.15) is 5.75 Å². The van der Waals surface area contributed by atoms with E-state index in [4.69, 9.17) is 9.72 Å². The van der Waals surface area contributed by atoms with E-state index >= 15 is 0 Å². The molecule has 4 rings (SSSR count). The number of rotatable bonds is 5. The van der Waals surface area contributed by atoms with Gasteiger partial charge in [0.2, 0.25) is 5.91 Å². The van der Waals surface area contributed by atoms with E-state index in [0.29, 0.717) is 12.6 Å². The fourth-order valence-corrected chi connectivity index (χ4v) is 5.05. The highest BCUT2D eigenvalue weighted by Gasteiger charge is 2.28. The van der Waals surface area contributed by atoms with E-state index in [-0.39, 0.29) is 11.8 Å². The van der Waals surface area contributed by atoms with Crippen molar-refractivity contribution in [2.45, 2.75) is 51.5 Å². The molecule has 2 aromatic rings. The Morgan fingerprint density at radius 3 is 2.77 bits per heavy atom. The van der Waals surface area contributed by atoms with Gasteiger partial charge in [-0.2, -0.15) is 0 Å². The number of aromatic nitrogens is 1. The molecule has 1 saturated heterocycles. The molecule has 1 aliphatic carbocycles. The van der Waals surface area contributed by atoms with Crippen molar-refractivity contribution < 1.29 is 9.53 Å². The lowest BCUT2D eigenvalue weighted by molar-refractivity contribution is -0.126. The van der Waals surface area contributed by atoms with Crippen molar-refractivity contribution in [2.75, 3.05) is 24.6 Å². The number of amides is 1. The van der Waals surface area contributed by atoms with E-state index in [0.717, 1.165) is 59.9 Å². The van der Waals surface area contributed by atoms with E-state index < -0.39 is 0 Å². The number of benzene rings is 1. The van der Waals surface area contributed by atoms with Crippen molar-refractivity contribution in [1.82, 2.24) is 10.3 Å². The Bertz CT molecular complexity index is 762. The predicted molar refractivity (Wildman–Crippen MR) is 106 cm³/mol. The van der Waals surface area contributed by atoms with Gasteiger partial charge in [-0.3, -0.25) is 4.79 Å². The van der Waals surface area contributed by atoms with Gasteiger partial charge in [0.25, 0.3) is 0 Å². The molecule has 1 aromatic heterocycles. The molecule has 26 heavy (non-hydrogen) atoms. The number of nitrogens with one attached hydrogen (secondary N) is 1. The molecule has 0 radical (unpaired) electrons. The molecule has 2 fully saturated rings. The molecule has 1 saturated carbocycles. The summed E-state index contributed by atoms with van der Waals surface area (Å²) in [4.78, 5) is 19.6. The van der Waals surface area contributed by atoms with Crippen LogP contribution in [0.25, 0.3) is 10.2 Å². The summed E-state index contributed by atoms with van der Waals surface area (Å²) in [6.45, 7) is 4.48. The lowest BCUT2D eigenvalue weighted by Gasteiger charge is -2.31. The molecular weight excluding hydrogens is 346 g/mol. The zero-order valence-corrected chi connectivity index (χ0v) is 16.2. The van der Waals surface area contributed by atoms with Gasteiger partial charge >= 0.3 is 0 Å². The van der Waals surface area contributed by atoms with Gasteiger partial charge in [-0.1, -0.05) is 24.2 Å². The molecule has 0 spiro atoms. The van der Waals surface area contributed by atoms with Crippen LogP contribution in [0.5, 0.6) is 5.75 Å². The minimum Gasteiger partial charge on any atom is -0.494 e. The molecule has 1 aliphatic heterocycles. The number of fused-ring (bicyclic) bond motifs is 1. The largest absolute Gasteiger partial charge is 0.494 e. The second kappa shape index (κ2) is 7.82. The number of nitrogens with zero attached hydrogens (tertiary/aromatic N) is 2. The molecule has 1 N–H and O–H groups in total. The molecule has 5 nitrogen and oxygen atoms in total. The number of anilines is 1. The fourth-order valence-electron chi connectivity index (χ4n) is 4.01. The van der Waals surface area contributed by atoms with Crippen LogP contribution in [0.2, 0.25) is 0 Å². The minimum atomic E-state index is 0.158. The Labute approximate surface area is 158 Å². The van der Waals surface area contributed by atoms with Crippen molar-refractivity contribution in [3.8, 4) is 5.75 Å². The number of ether oxygens (including phenoxy) is 1. The summed E-state index contributed by atoms with van der Waals surface area (Å²) in [5, 5.41) is 4.32. The van der Waals surface area contributed by atoms with Crippen LogP contribution in [-0.2, 0) is 4.79 Å². The summed E-state index contributed by atoms with van der Waals surface area (Å²) in [6.07, 6.45) is 6.65. The number of hydrogen-bond donors (Lipinski definition) is 1. The second-order valence-corrected chi connectivity index (χ2v) is 8.32. The zero-order chi connectivity index (χ0) is 17.9. The first kappa shape index (κ1) is 17.6. The van der Waals surface area contributed by atoms with Crippen LogP contribution in [0.1, 0.15) is 45.4 Å². The minimum absolute atomic E-state index is 0.158. The van der Waals surface area contributed by atoms with Crippen molar-refractivity contribution in [1.29, 1.82) is 0 Å². The van der Waals surface area contributed by atoms with Gasteiger partial charge in [0, 0.05) is 25.0 Å². The summed E-state index contributed by atoms with van der Waals surface area (Å²) >= 11 is 1.71. The summed E-state index contributed by atoms with van der Waals surface area (Å²) < 4.78 is 6.74. The first-order valence-corrected chi connectivity index (χ1v) is 10.6. The third kappa shape index (κ3) is 3.80. The molecule has 2 heterocycles. The van der Waals surface area contributed by atoms with Crippen LogP contribution in [0.3, 0.4) is 0 Å². The quantitative estimate of drug-likeness (QED) is 0.862. The highest BCUT2D eigenvalue weighted by atomic mass is 32.1. The van der Waals surface area contributed by atoms with Crippen LogP contribution in [0.15, 0.2) is 18.2 Å². The van der Waals surface area contributed by atoms with Gasteiger partial charge in [0.05, 0.1) is 16.8 Å². The molecular formula is C20H27N3O2S. The lowest BCUT2D eigenvalue weighted by atomic mass is 9.96. The molecule has 2 aliphatic rings. The Morgan fingerprint density at radius 2 is 2.04 bits per heavy atom. The third-order valence-electron chi connectivity index (χ3n) is 5.50. The van der Waals surface area contributed by atoms with Crippen LogP contribution in [-0.4, -0.2) is 36.6 Å². The maximum Gasteiger partial charge on any atom is 0.223 e. The predicted octanol–water partition coefficient (Wildman–Crippen LogP) is 3.97. The normalized spacial score (nSPS) is 19.2. The Hall–Kier alpha value is -1.82. The Morgan fingerprint density at radius 1 is 1.27 bits per heavy atom. The molecule has 1 amide bonds. The molecule has 0 atom stereocenters. The Balaban J connectivity index is 1.36. The molecule has 140 valence electrons. The topological polar surface area (TPSA) is 54.5 Å². The number of hydrogen-bond acceptors (Lipinski definition) is 5. The van der Waals surface area contributed by atoms with Gasteiger partial charge < -0.3 is 15.0 Å². The third-order valence-corrected chi connectivity index (χ3v) is 6.58. The highest BCUT2D eigenvalue weighted by molar-refractivity contribution is 7.22. The summed E-state index contributed by atoms with van der Waals surface area (Å²) in [6, 6.07) is 6.50. The maximum atomic E-state index is 12.5. The van der Waals surface area contributed by atoms with Crippen molar-refractivity contribution in [3.63, 3.8) is 0 Å². The summed E-state index contributed by atoms with van der Waals surface area (Å²) in [5.74, 6) is 1.32. The van der Waals surface area contributed by atoms with E-state index in [9.17, 15) is 4.79 Å². The maximum absolute atomic E-state index is 12.5. The standard InChI is InChI=1S/C20H27N3O2S/c1-2-25-16-7-8-17-18(13-16)26-20(22-17)23-11-9-14(10-12-23)19(24)21-15-5-3-4-6-15/h7-8,13-15H,2-6,9-12H2,1H3,(H,21,24). The molecule has 0 bridgehead atoms. The van der Waals surface area contributed by atoms with E-state index in [1.807, 2.05) is 19.1 Å². The number of thiazole rings is 1. The van der Waals surface area contributed by atoms with Gasteiger partial charge in [-0.25, -0.2) is 4.98 Å². The fraction of sp³-hybridized carbons (Fsp3) is 0.600. The van der Waals surface area contributed by atoms with E-state index in [1.54, 1.807) is 11.3 Å². The summed E-state index contributed by atoms with van der Waals surface area (Å²) in [5.41, 5.74) is 1.02. The van der Waals surface area contributed by atoms with Crippen LogP contribution in [0, 0.1) is 5.92 Å². The Kier molecular flexibility index (Phi) is 5.29. The van der Waals surface area contributed by atoms with Crippen LogP contribution >= 0.6 is 11.3 Å². The van der Waals surface area contributed by atoms with Crippen molar-refractivity contribution >= 4 is 32.6 Å². The SMILES string of the molecule is CCOc1ccc2nc(N3CCC(C(=O)NC4CCCC4)CC3)sc2c1. The summed E-state index contributed by atoms with van der Waals surface area (Å²) in [7, 11) is 0. The van der Waals surface area contributed by atoms with E-state index in [2.05, 4.69) is 16.3 Å². The molecule has 0 unspecified atom stereocenters. The number of piperidine rings is 1. The highest BCUT2D eigenvalue weighted by Crippen LogP contribution is 2.33. The van der Waals surface area contributed by atoms with Crippen molar-refractivity contribution in [3.05, 3.63) is 18.2 Å². The molecule has 6 heteroatoms. The van der Waals surface area contributed by atoms with Crippen LogP contribution in [0.4, 0.5) is 5.13 Å². The monoisotopic (exact) mass is 373 g/mol. The molecule has 1 aromatic carbocycles. The van der Waals surface area contributed by atoms with Crippen LogP contribution < -0.4 is 15.0 Å².